The fourth-order valence-electron chi connectivity index (χ4n) is 3.65. The molecule has 2 aromatic carbocycles. The smallest absolute Gasteiger partial charge is 0.256 e. The van der Waals surface area contributed by atoms with Crippen molar-refractivity contribution in [2.45, 2.75) is 39.4 Å². The number of piperidine rings is 1. The molecule has 0 aliphatic carbocycles. The number of benzene rings is 2. The highest BCUT2D eigenvalue weighted by Gasteiger charge is 2.26. The summed E-state index contributed by atoms with van der Waals surface area (Å²) >= 11 is 0. The van der Waals surface area contributed by atoms with Gasteiger partial charge in [-0.15, -0.1) is 0 Å². The normalized spacial score (nSPS) is 15.1. The summed E-state index contributed by atoms with van der Waals surface area (Å²) in [7, 11) is 0. The van der Waals surface area contributed by atoms with Gasteiger partial charge in [0, 0.05) is 19.2 Å². The molecule has 1 fully saturated rings. The Bertz CT molecular complexity index is 1030. The summed E-state index contributed by atoms with van der Waals surface area (Å²) < 4.78 is 20.1. The molecule has 5 nitrogen and oxygen atoms in total. The van der Waals surface area contributed by atoms with Crippen molar-refractivity contribution < 1.29 is 13.9 Å². The molecule has 0 spiro atoms. The molecular weight excluding hydrogens is 369 g/mol. The Morgan fingerprint density at radius 1 is 1.10 bits per heavy atom. The van der Waals surface area contributed by atoms with Gasteiger partial charge in [0.15, 0.2) is 0 Å². The number of rotatable bonds is 4. The summed E-state index contributed by atoms with van der Waals surface area (Å²) in [5.74, 6) is -0.673. The van der Waals surface area contributed by atoms with Crippen LogP contribution in [0.5, 0.6) is 0 Å². The van der Waals surface area contributed by atoms with Gasteiger partial charge in [-0.3, -0.25) is 4.79 Å². The van der Waals surface area contributed by atoms with Crippen LogP contribution in [-0.4, -0.2) is 40.0 Å². The third-order valence-electron chi connectivity index (χ3n) is 5.43. The van der Waals surface area contributed by atoms with Crippen LogP contribution in [0.3, 0.4) is 0 Å². The maximum absolute atomic E-state index is 14.1. The van der Waals surface area contributed by atoms with E-state index < -0.39 is 5.82 Å². The van der Waals surface area contributed by atoms with E-state index in [9.17, 15) is 9.18 Å². The molecule has 0 bridgehead atoms. The number of hydrogen-bond acceptors (Lipinski definition) is 4. The van der Waals surface area contributed by atoms with Crippen molar-refractivity contribution >= 4 is 16.9 Å². The van der Waals surface area contributed by atoms with E-state index >= 15 is 0 Å². The second-order valence-corrected chi connectivity index (χ2v) is 7.50. The molecule has 1 aliphatic heterocycles. The molecule has 150 valence electrons. The number of ether oxygens (including phenoxy) is 1. The second-order valence-electron chi connectivity index (χ2n) is 7.50. The number of carbonyl (C=O) groups is 1. The average molecular weight is 393 g/mol. The van der Waals surface area contributed by atoms with Crippen LogP contribution in [0, 0.1) is 19.7 Å². The lowest BCUT2D eigenvalue weighted by Gasteiger charge is -2.32. The topological polar surface area (TPSA) is 55.3 Å². The van der Waals surface area contributed by atoms with Gasteiger partial charge in [-0.25, -0.2) is 14.4 Å². The fraction of sp³-hybridized carbons (Fsp3) is 0.348. The molecule has 0 unspecified atom stereocenters. The molecule has 1 saturated heterocycles. The van der Waals surface area contributed by atoms with Gasteiger partial charge in [0.2, 0.25) is 0 Å². The largest absolute Gasteiger partial charge is 0.373 e. The van der Waals surface area contributed by atoms with Crippen molar-refractivity contribution in [3.05, 3.63) is 70.8 Å². The van der Waals surface area contributed by atoms with E-state index in [2.05, 4.69) is 9.97 Å². The number of amides is 1. The van der Waals surface area contributed by atoms with Gasteiger partial charge in [-0.05, 0) is 38.3 Å². The number of hydrogen-bond donors (Lipinski definition) is 0. The molecule has 4 rings (SSSR count). The molecule has 29 heavy (non-hydrogen) atoms. The molecule has 3 aromatic rings. The molecule has 1 amide bonds. The molecule has 0 atom stereocenters. The van der Waals surface area contributed by atoms with Gasteiger partial charge < -0.3 is 9.64 Å². The lowest BCUT2D eigenvalue weighted by atomic mass is 10.0. The standard InChI is InChI=1S/C23H24FN3O2/c1-15-16(2)26-22-20(12-18(24)13-21(22)25-15)23(28)27-10-8-19(9-11-27)29-14-17-6-4-3-5-7-17/h3-7,12-13,19H,8-11,14H2,1-2H3. The molecule has 1 aromatic heterocycles. The van der Waals surface area contributed by atoms with Crippen LogP contribution < -0.4 is 0 Å². The number of aryl methyl sites for hydroxylation is 2. The highest BCUT2D eigenvalue weighted by Crippen LogP contribution is 2.23. The quantitative estimate of drug-likeness (QED) is 0.666. The maximum atomic E-state index is 14.1. The third-order valence-corrected chi connectivity index (χ3v) is 5.43. The molecule has 0 saturated carbocycles. The zero-order valence-electron chi connectivity index (χ0n) is 16.7. The van der Waals surface area contributed by atoms with Gasteiger partial charge in [-0.2, -0.15) is 0 Å². The SMILES string of the molecule is Cc1nc2cc(F)cc(C(=O)N3CCC(OCc4ccccc4)CC3)c2nc1C. The van der Waals surface area contributed by atoms with Gasteiger partial charge in [0.1, 0.15) is 11.3 Å². The Morgan fingerprint density at radius 2 is 1.79 bits per heavy atom. The lowest BCUT2D eigenvalue weighted by molar-refractivity contribution is -0.000349. The maximum Gasteiger partial charge on any atom is 0.256 e. The zero-order chi connectivity index (χ0) is 20.4. The number of halogens is 1. The Morgan fingerprint density at radius 3 is 2.52 bits per heavy atom. The van der Waals surface area contributed by atoms with E-state index in [0.29, 0.717) is 30.7 Å². The number of likely N-dealkylation sites (tertiary alicyclic amines) is 1. The minimum atomic E-state index is -0.473. The Balaban J connectivity index is 1.45. The monoisotopic (exact) mass is 393 g/mol. The van der Waals surface area contributed by atoms with Gasteiger partial charge in [0.05, 0.1) is 35.2 Å². The highest BCUT2D eigenvalue weighted by atomic mass is 19.1. The van der Waals surface area contributed by atoms with Crippen molar-refractivity contribution in [2.75, 3.05) is 13.1 Å². The molecule has 0 radical (unpaired) electrons. The van der Waals surface area contributed by atoms with Crippen LogP contribution in [0.15, 0.2) is 42.5 Å². The Hall–Kier alpha value is -2.86. The minimum absolute atomic E-state index is 0.119. The van der Waals surface area contributed by atoms with Crippen LogP contribution >= 0.6 is 0 Å². The third kappa shape index (κ3) is 4.27. The highest BCUT2D eigenvalue weighted by molar-refractivity contribution is 6.04. The summed E-state index contributed by atoms with van der Waals surface area (Å²) in [6, 6.07) is 12.7. The van der Waals surface area contributed by atoms with Gasteiger partial charge in [0.25, 0.3) is 5.91 Å². The lowest BCUT2D eigenvalue weighted by Crippen LogP contribution is -2.41. The van der Waals surface area contributed by atoms with Gasteiger partial charge >= 0.3 is 0 Å². The van der Waals surface area contributed by atoms with E-state index in [1.54, 1.807) is 4.90 Å². The zero-order valence-corrected chi connectivity index (χ0v) is 16.7. The van der Waals surface area contributed by atoms with Crippen LogP contribution in [0.25, 0.3) is 11.0 Å². The molecule has 1 aliphatic rings. The van der Waals surface area contributed by atoms with Crippen molar-refractivity contribution in [3.8, 4) is 0 Å². The molecular formula is C23H24FN3O2. The fourth-order valence-corrected chi connectivity index (χ4v) is 3.65. The minimum Gasteiger partial charge on any atom is -0.373 e. The number of aromatic nitrogens is 2. The first-order chi connectivity index (χ1) is 14.0. The van der Waals surface area contributed by atoms with Crippen LogP contribution in [-0.2, 0) is 11.3 Å². The van der Waals surface area contributed by atoms with Gasteiger partial charge in [-0.1, -0.05) is 30.3 Å². The average Bonchev–Trinajstić information content (AvgIpc) is 2.73. The van der Waals surface area contributed by atoms with E-state index in [1.807, 2.05) is 44.2 Å². The number of fused-ring (bicyclic) bond motifs is 1. The van der Waals surface area contributed by atoms with Crippen molar-refractivity contribution in [1.29, 1.82) is 0 Å². The summed E-state index contributed by atoms with van der Waals surface area (Å²) in [5, 5.41) is 0. The van der Waals surface area contributed by atoms with E-state index in [-0.39, 0.29) is 17.6 Å². The number of nitrogens with zero attached hydrogens (tertiary/aromatic N) is 3. The predicted octanol–water partition coefficient (Wildman–Crippen LogP) is 4.21. The first kappa shape index (κ1) is 19.5. The van der Waals surface area contributed by atoms with Crippen LogP contribution in [0.2, 0.25) is 0 Å². The second kappa shape index (κ2) is 8.25. The van der Waals surface area contributed by atoms with E-state index in [0.717, 1.165) is 29.8 Å². The summed E-state index contributed by atoms with van der Waals surface area (Å²) in [5.41, 5.74) is 3.77. The summed E-state index contributed by atoms with van der Waals surface area (Å²) in [6.45, 7) is 5.40. The van der Waals surface area contributed by atoms with Crippen LogP contribution in [0.1, 0.15) is 40.2 Å². The first-order valence-electron chi connectivity index (χ1n) is 9.90. The first-order valence-corrected chi connectivity index (χ1v) is 9.90. The molecule has 2 heterocycles. The van der Waals surface area contributed by atoms with Crippen molar-refractivity contribution in [2.24, 2.45) is 0 Å². The van der Waals surface area contributed by atoms with Crippen molar-refractivity contribution in [3.63, 3.8) is 0 Å². The molecule has 0 N–H and O–H groups in total. The Kier molecular flexibility index (Phi) is 5.53. The Labute approximate surface area is 169 Å². The van der Waals surface area contributed by atoms with E-state index in [1.165, 1.54) is 12.1 Å². The van der Waals surface area contributed by atoms with Crippen LogP contribution in [0.4, 0.5) is 4.39 Å². The predicted molar refractivity (Wildman–Crippen MR) is 109 cm³/mol. The van der Waals surface area contributed by atoms with E-state index in [4.69, 9.17) is 4.74 Å². The van der Waals surface area contributed by atoms with Crippen molar-refractivity contribution in [1.82, 2.24) is 14.9 Å². The summed E-state index contributed by atoms with van der Waals surface area (Å²) in [6.07, 6.45) is 1.64. The summed E-state index contributed by atoms with van der Waals surface area (Å²) in [4.78, 5) is 23.8. The number of carbonyl (C=O) groups excluding carboxylic acids is 1. The molecule has 6 heteroatoms.